The number of carbonyl (C=O) groups is 1. The summed E-state index contributed by atoms with van der Waals surface area (Å²) in [6.07, 6.45) is 3.96. The van der Waals surface area contributed by atoms with Crippen molar-refractivity contribution in [2.45, 2.75) is 12.3 Å². The summed E-state index contributed by atoms with van der Waals surface area (Å²) in [5.41, 5.74) is 3.76. The quantitative estimate of drug-likeness (QED) is 0.528. The van der Waals surface area contributed by atoms with Crippen LogP contribution in [0.4, 0.5) is 0 Å². The van der Waals surface area contributed by atoms with Gasteiger partial charge in [0.2, 0.25) is 5.91 Å². The third kappa shape index (κ3) is 3.08. The van der Waals surface area contributed by atoms with Crippen LogP contribution in [0, 0.1) is 0 Å². The number of fused-ring (bicyclic) bond motifs is 2. The third-order valence-corrected chi connectivity index (χ3v) is 5.94. The first-order valence-electron chi connectivity index (χ1n) is 10.1. The second-order valence-electron chi connectivity index (χ2n) is 7.71. The lowest BCUT2D eigenvalue weighted by atomic mass is 9.97. The van der Waals surface area contributed by atoms with E-state index in [0.717, 1.165) is 39.5 Å². The van der Waals surface area contributed by atoms with E-state index in [0.29, 0.717) is 18.5 Å². The normalized spacial score (nSPS) is 16.3. The van der Waals surface area contributed by atoms with E-state index in [1.807, 2.05) is 42.5 Å². The molecule has 5 rings (SSSR count). The number of carbonyl (C=O) groups excluding carboxylic acids is 1. The smallest absolute Gasteiger partial charge is 0.256 e. The van der Waals surface area contributed by atoms with E-state index in [-0.39, 0.29) is 17.4 Å². The Bertz CT molecular complexity index is 1350. The fourth-order valence-corrected chi connectivity index (χ4v) is 4.37. The molecule has 4 aromatic rings. The third-order valence-electron chi connectivity index (χ3n) is 5.94. The van der Waals surface area contributed by atoms with Crippen molar-refractivity contribution in [2.75, 3.05) is 13.1 Å². The molecule has 0 spiro atoms. The Balaban J connectivity index is 1.55. The van der Waals surface area contributed by atoms with Gasteiger partial charge in [-0.15, -0.1) is 0 Å². The van der Waals surface area contributed by atoms with E-state index in [2.05, 4.69) is 28.7 Å². The number of likely N-dealkylation sites (tertiary alicyclic amines) is 1. The van der Waals surface area contributed by atoms with Crippen molar-refractivity contribution in [2.24, 2.45) is 0 Å². The van der Waals surface area contributed by atoms with Gasteiger partial charge in [0, 0.05) is 41.7 Å². The summed E-state index contributed by atoms with van der Waals surface area (Å²) in [5.74, 6) is 0.0738. The summed E-state index contributed by atoms with van der Waals surface area (Å²) in [5, 5.41) is 2.63. The number of nitrogens with one attached hydrogen (secondary N) is 1. The van der Waals surface area contributed by atoms with Gasteiger partial charge in [0.15, 0.2) is 0 Å². The van der Waals surface area contributed by atoms with Gasteiger partial charge in [-0.1, -0.05) is 36.9 Å². The summed E-state index contributed by atoms with van der Waals surface area (Å²) in [6, 6.07) is 18.0. The van der Waals surface area contributed by atoms with E-state index < -0.39 is 0 Å². The second-order valence-corrected chi connectivity index (χ2v) is 7.71. The van der Waals surface area contributed by atoms with Gasteiger partial charge in [0.25, 0.3) is 5.56 Å². The average molecular weight is 395 g/mol. The van der Waals surface area contributed by atoms with Gasteiger partial charge in [-0.2, -0.15) is 0 Å². The van der Waals surface area contributed by atoms with Crippen molar-refractivity contribution in [1.29, 1.82) is 0 Å². The van der Waals surface area contributed by atoms with E-state index in [1.54, 1.807) is 11.1 Å². The minimum absolute atomic E-state index is 0.0603. The Morgan fingerprint density at radius 3 is 2.90 bits per heavy atom. The predicted molar refractivity (Wildman–Crippen MR) is 119 cm³/mol. The maximum absolute atomic E-state index is 12.9. The van der Waals surface area contributed by atoms with Crippen LogP contribution >= 0.6 is 0 Å². The highest BCUT2D eigenvalue weighted by molar-refractivity contribution is 5.97. The number of H-pyrrole nitrogens is 1. The monoisotopic (exact) mass is 395 g/mol. The summed E-state index contributed by atoms with van der Waals surface area (Å²) in [4.78, 5) is 34.0. The van der Waals surface area contributed by atoms with Crippen LogP contribution in [0.2, 0.25) is 0 Å². The summed E-state index contributed by atoms with van der Waals surface area (Å²) < 4.78 is 0. The number of hydrogen-bond donors (Lipinski definition) is 1. The predicted octanol–water partition coefficient (Wildman–Crippen LogP) is 4.25. The van der Waals surface area contributed by atoms with Crippen LogP contribution in [0.25, 0.3) is 32.8 Å². The highest BCUT2D eigenvalue weighted by Gasteiger charge is 2.27. The molecule has 5 nitrogen and oxygen atoms in total. The highest BCUT2D eigenvalue weighted by atomic mass is 16.2. The minimum Gasteiger partial charge on any atom is -0.338 e. The molecule has 0 saturated carbocycles. The summed E-state index contributed by atoms with van der Waals surface area (Å²) in [7, 11) is 0. The molecular weight excluding hydrogens is 374 g/mol. The molecular formula is C25H21N3O2. The first-order chi connectivity index (χ1) is 14.6. The molecule has 1 amide bonds. The van der Waals surface area contributed by atoms with Crippen LogP contribution in [0.3, 0.4) is 0 Å². The summed E-state index contributed by atoms with van der Waals surface area (Å²) >= 11 is 0. The lowest BCUT2D eigenvalue weighted by Gasteiger charge is -2.15. The summed E-state index contributed by atoms with van der Waals surface area (Å²) in [6.45, 7) is 4.85. The minimum atomic E-state index is -0.101. The Hall–Kier alpha value is -3.73. The molecule has 1 N–H and O–H groups in total. The number of amides is 1. The molecule has 1 unspecified atom stereocenters. The van der Waals surface area contributed by atoms with Crippen LogP contribution in [0.15, 0.2) is 78.2 Å². The fourth-order valence-electron chi connectivity index (χ4n) is 4.37. The van der Waals surface area contributed by atoms with Crippen molar-refractivity contribution in [1.82, 2.24) is 14.9 Å². The standard InChI is InChI=1S/C25H21N3O2/c1-2-24(29)28-12-10-18(15-28)23-14-17-9-8-16(13-21(17)25(30)27-23)19-5-3-7-22-20(19)6-4-11-26-22/h2-9,11,13-14,18H,1,10,12,15H2,(H,27,30). The van der Waals surface area contributed by atoms with Gasteiger partial charge in [-0.05, 0) is 53.3 Å². The molecule has 30 heavy (non-hydrogen) atoms. The van der Waals surface area contributed by atoms with Gasteiger partial charge in [-0.25, -0.2) is 0 Å². The molecule has 0 radical (unpaired) electrons. The molecule has 1 aliphatic rings. The zero-order valence-corrected chi connectivity index (χ0v) is 16.5. The van der Waals surface area contributed by atoms with Crippen LogP contribution in [0.5, 0.6) is 0 Å². The van der Waals surface area contributed by atoms with Crippen molar-refractivity contribution < 1.29 is 4.79 Å². The maximum atomic E-state index is 12.9. The number of pyridine rings is 2. The lowest BCUT2D eigenvalue weighted by Crippen LogP contribution is -2.26. The number of benzene rings is 2. The van der Waals surface area contributed by atoms with E-state index >= 15 is 0 Å². The van der Waals surface area contributed by atoms with E-state index in [1.165, 1.54) is 6.08 Å². The Morgan fingerprint density at radius 1 is 1.13 bits per heavy atom. The Labute approximate surface area is 173 Å². The molecule has 2 aromatic carbocycles. The molecule has 148 valence electrons. The lowest BCUT2D eigenvalue weighted by molar-refractivity contribution is -0.125. The van der Waals surface area contributed by atoms with Crippen molar-refractivity contribution in [3.8, 4) is 11.1 Å². The van der Waals surface area contributed by atoms with Crippen molar-refractivity contribution >= 4 is 27.6 Å². The molecule has 0 bridgehead atoms. The first-order valence-corrected chi connectivity index (χ1v) is 10.1. The largest absolute Gasteiger partial charge is 0.338 e. The number of aromatic nitrogens is 2. The van der Waals surface area contributed by atoms with Crippen LogP contribution in [-0.4, -0.2) is 33.9 Å². The SMILES string of the molecule is C=CC(=O)N1CCC(c2cc3ccc(-c4cccc5ncccc45)cc3c(=O)[nH]2)C1. The number of rotatable bonds is 3. The van der Waals surface area contributed by atoms with Gasteiger partial charge in [0.1, 0.15) is 0 Å². The first kappa shape index (κ1) is 18.3. The van der Waals surface area contributed by atoms with Gasteiger partial charge in [0.05, 0.1) is 5.52 Å². The fraction of sp³-hybridized carbons (Fsp3) is 0.160. The topological polar surface area (TPSA) is 66.1 Å². The highest BCUT2D eigenvalue weighted by Crippen LogP contribution is 2.31. The number of nitrogens with zero attached hydrogens (tertiary/aromatic N) is 2. The molecule has 1 saturated heterocycles. The maximum Gasteiger partial charge on any atom is 0.256 e. The van der Waals surface area contributed by atoms with E-state index in [9.17, 15) is 9.59 Å². The molecule has 1 atom stereocenters. The van der Waals surface area contributed by atoms with Crippen LogP contribution < -0.4 is 5.56 Å². The molecule has 1 fully saturated rings. The number of aromatic amines is 1. The Morgan fingerprint density at radius 2 is 2.03 bits per heavy atom. The van der Waals surface area contributed by atoms with Crippen molar-refractivity contribution in [3.05, 3.63) is 89.5 Å². The number of hydrogen-bond acceptors (Lipinski definition) is 3. The van der Waals surface area contributed by atoms with Gasteiger partial charge in [-0.3, -0.25) is 14.6 Å². The van der Waals surface area contributed by atoms with Gasteiger partial charge >= 0.3 is 0 Å². The van der Waals surface area contributed by atoms with Crippen molar-refractivity contribution in [3.63, 3.8) is 0 Å². The molecule has 2 aromatic heterocycles. The zero-order valence-electron chi connectivity index (χ0n) is 16.5. The van der Waals surface area contributed by atoms with E-state index in [4.69, 9.17) is 0 Å². The average Bonchev–Trinajstić information content (AvgIpc) is 3.28. The molecule has 3 heterocycles. The van der Waals surface area contributed by atoms with Crippen LogP contribution in [-0.2, 0) is 4.79 Å². The molecule has 1 aliphatic heterocycles. The van der Waals surface area contributed by atoms with Crippen LogP contribution in [0.1, 0.15) is 18.0 Å². The molecule has 5 heteroatoms. The Kier molecular flexibility index (Phi) is 4.43. The van der Waals surface area contributed by atoms with Gasteiger partial charge < -0.3 is 9.88 Å². The zero-order chi connectivity index (χ0) is 20.7. The second kappa shape index (κ2) is 7.26. The molecule has 0 aliphatic carbocycles.